The van der Waals surface area contributed by atoms with Crippen LogP contribution >= 0.6 is 0 Å². The fraction of sp³-hybridized carbons (Fsp3) is 0.306. The van der Waals surface area contributed by atoms with Crippen molar-refractivity contribution in [2.24, 2.45) is 5.41 Å². The van der Waals surface area contributed by atoms with E-state index in [0.29, 0.717) is 6.42 Å². The lowest BCUT2D eigenvalue weighted by Gasteiger charge is -2.39. The van der Waals surface area contributed by atoms with Gasteiger partial charge in [-0.05, 0) is 52.1 Å². The SMILES string of the molecule is CC(C)(C)C(c1ccc(-c2cccnc2)cc1)[C@H](C[C@@H](O)[C@H](Cc1ccccc1)NC(=O)O)NC(=O)OCc1ccccc1. The fourth-order valence-corrected chi connectivity index (χ4v) is 5.68. The highest BCUT2D eigenvalue weighted by atomic mass is 16.5. The van der Waals surface area contributed by atoms with Gasteiger partial charge in [-0.15, -0.1) is 0 Å². The van der Waals surface area contributed by atoms with Gasteiger partial charge < -0.3 is 25.6 Å². The zero-order chi connectivity index (χ0) is 31.5. The van der Waals surface area contributed by atoms with E-state index in [1.54, 1.807) is 6.20 Å². The normalized spacial score (nSPS) is 14.1. The first-order valence-corrected chi connectivity index (χ1v) is 14.8. The number of carboxylic acid groups (broad SMARTS) is 1. The van der Waals surface area contributed by atoms with Crippen molar-refractivity contribution in [2.45, 2.75) is 64.3 Å². The van der Waals surface area contributed by atoms with Gasteiger partial charge in [0.25, 0.3) is 0 Å². The Morgan fingerprint density at radius 1 is 0.795 bits per heavy atom. The molecule has 0 radical (unpaired) electrons. The molecule has 0 saturated heterocycles. The van der Waals surface area contributed by atoms with Gasteiger partial charge in [-0.1, -0.05) is 112 Å². The number of aliphatic hydroxyl groups is 1. The number of amides is 2. The van der Waals surface area contributed by atoms with Crippen LogP contribution in [-0.2, 0) is 17.8 Å². The van der Waals surface area contributed by atoms with E-state index in [1.165, 1.54) is 0 Å². The van der Waals surface area contributed by atoms with Crippen LogP contribution in [0.1, 0.15) is 49.8 Å². The van der Waals surface area contributed by atoms with Crippen LogP contribution in [0.15, 0.2) is 109 Å². The molecule has 0 saturated carbocycles. The lowest BCUT2D eigenvalue weighted by Crippen LogP contribution is -2.50. The Kier molecular flexibility index (Phi) is 11.1. The van der Waals surface area contributed by atoms with E-state index in [9.17, 15) is 19.8 Å². The van der Waals surface area contributed by atoms with Crippen LogP contribution in [0.4, 0.5) is 9.59 Å². The Morgan fingerprint density at radius 3 is 2.00 bits per heavy atom. The first-order valence-electron chi connectivity index (χ1n) is 14.8. The quantitative estimate of drug-likeness (QED) is 0.143. The first-order chi connectivity index (χ1) is 21.1. The van der Waals surface area contributed by atoms with Crippen LogP contribution in [0.5, 0.6) is 0 Å². The molecule has 0 fully saturated rings. The van der Waals surface area contributed by atoms with Gasteiger partial charge in [0.15, 0.2) is 0 Å². The van der Waals surface area contributed by atoms with E-state index in [-0.39, 0.29) is 24.4 Å². The Hall–Kier alpha value is -4.69. The van der Waals surface area contributed by atoms with Crippen molar-refractivity contribution in [2.75, 3.05) is 0 Å². The zero-order valence-electron chi connectivity index (χ0n) is 25.4. The number of alkyl carbamates (subject to hydrolysis) is 1. The van der Waals surface area contributed by atoms with Gasteiger partial charge >= 0.3 is 12.2 Å². The summed E-state index contributed by atoms with van der Waals surface area (Å²) < 4.78 is 5.59. The molecule has 4 rings (SSSR count). The van der Waals surface area contributed by atoms with Crippen molar-refractivity contribution in [3.8, 4) is 11.1 Å². The third-order valence-corrected chi connectivity index (χ3v) is 7.68. The Balaban J connectivity index is 1.63. The number of rotatable bonds is 12. The average Bonchev–Trinajstić information content (AvgIpc) is 3.00. The monoisotopic (exact) mass is 595 g/mol. The molecule has 3 aromatic carbocycles. The summed E-state index contributed by atoms with van der Waals surface area (Å²) in [5.41, 5.74) is 4.35. The number of hydrogen-bond acceptors (Lipinski definition) is 5. The van der Waals surface area contributed by atoms with Gasteiger partial charge in [-0.2, -0.15) is 0 Å². The minimum atomic E-state index is -1.23. The number of ether oxygens (including phenoxy) is 1. The maximum atomic E-state index is 13.2. The van der Waals surface area contributed by atoms with Crippen LogP contribution in [-0.4, -0.2) is 45.6 Å². The predicted octanol–water partition coefficient (Wildman–Crippen LogP) is 6.80. The summed E-state index contributed by atoms with van der Waals surface area (Å²) >= 11 is 0. The van der Waals surface area contributed by atoms with Gasteiger partial charge in [-0.25, -0.2) is 9.59 Å². The molecule has 2 amide bonds. The van der Waals surface area contributed by atoms with Crippen LogP contribution in [0.25, 0.3) is 11.1 Å². The molecule has 1 aromatic heterocycles. The second-order valence-electron chi connectivity index (χ2n) is 12.1. The molecular formula is C36H41N3O5. The minimum absolute atomic E-state index is 0.0878. The number of benzene rings is 3. The summed E-state index contributed by atoms with van der Waals surface area (Å²) in [6.45, 7) is 6.35. The molecule has 4 atom stereocenters. The average molecular weight is 596 g/mol. The smallest absolute Gasteiger partial charge is 0.407 e. The third-order valence-electron chi connectivity index (χ3n) is 7.68. The number of pyridine rings is 1. The molecule has 0 aliphatic rings. The highest BCUT2D eigenvalue weighted by Crippen LogP contribution is 2.40. The second-order valence-corrected chi connectivity index (χ2v) is 12.1. The molecule has 1 heterocycles. The lowest BCUT2D eigenvalue weighted by atomic mass is 9.70. The highest BCUT2D eigenvalue weighted by Gasteiger charge is 2.37. The highest BCUT2D eigenvalue weighted by molar-refractivity contribution is 5.68. The number of aliphatic hydroxyl groups excluding tert-OH is 1. The van der Waals surface area contributed by atoms with E-state index in [2.05, 4.69) is 36.4 Å². The van der Waals surface area contributed by atoms with Gasteiger partial charge in [0.2, 0.25) is 0 Å². The van der Waals surface area contributed by atoms with E-state index in [4.69, 9.17) is 4.74 Å². The Bertz CT molecular complexity index is 1460. The van der Waals surface area contributed by atoms with Crippen molar-refractivity contribution < 1.29 is 24.5 Å². The first kappa shape index (κ1) is 32.2. The van der Waals surface area contributed by atoms with Crippen molar-refractivity contribution in [3.63, 3.8) is 0 Å². The van der Waals surface area contributed by atoms with Crippen LogP contribution in [0, 0.1) is 5.41 Å². The molecule has 4 N–H and O–H groups in total. The molecule has 44 heavy (non-hydrogen) atoms. The third kappa shape index (κ3) is 9.41. The van der Waals surface area contributed by atoms with Crippen molar-refractivity contribution >= 4 is 12.2 Å². The molecule has 0 bridgehead atoms. The molecule has 8 heteroatoms. The Morgan fingerprint density at radius 2 is 1.43 bits per heavy atom. The van der Waals surface area contributed by atoms with Crippen LogP contribution in [0.3, 0.4) is 0 Å². The Labute approximate surface area is 259 Å². The predicted molar refractivity (Wildman–Crippen MR) is 171 cm³/mol. The maximum Gasteiger partial charge on any atom is 0.407 e. The molecule has 4 aromatic rings. The molecule has 0 spiro atoms. The van der Waals surface area contributed by atoms with E-state index in [1.807, 2.05) is 103 Å². The summed E-state index contributed by atoms with van der Waals surface area (Å²) in [6, 6.07) is 29.4. The van der Waals surface area contributed by atoms with Crippen molar-refractivity contribution in [1.82, 2.24) is 15.6 Å². The van der Waals surface area contributed by atoms with Crippen molar-refractivity contribution in [3.05, 3.63) is 126 Å². The maximum absolute atomic E-state index is 13.2. The molecule has 1 unspecified atom stereocenters. The van der Waals surface area contributed by atoms with E-state index >= 15 is 0 Å². The lowest BCUT2D eigenvalue weighted by molar-refractivity contribution is 0.0824. The summed E-state index contributed by atoms with van der Waals surface area (Å²) in [5, 5.41) is 26.7. The topological polar surface area (TPSA) is 121 Å². The number of aromatic nitrogens is 1. The standard InChI is InChI=1S/C36H41N3O5/c1-36(2,3)33(28-18-16-27(17-19-28)29-15-10-20-37-23-29)31(39-35(43)44-24-26-13-8-5-9-14-26)22-32(40)30(38-34(41)42)21-25-11-6-4-7-12-25/h4-20,23,30-33,38,40H,21-22,24H2,1-3H3,(H,39,43)(H,41,42)/t30-,31-,32+,33?/m0/s1. The van der Waals surface area contributed by atoms with Gasteiger partial charge in [0, 0.05) is 24.4 Å². The van der Waals surface area contributed by atoms with Crippen LogP contribution in [0.2, 0.25) is 0 Å². The number of nitrogens with one attached hydrogen (secondary N) is 2. The molecule has 0 aliphatic heterocycles. The number of nitrogens with zero attached hydrogens (tertiary/aromatic N) is 1. The molecule has 0 aliphatic carbocycles. The van der Waals surface area contributed by atoms with Gasteiger partial charge in [0.05, 0.1) is 12.1 Å². The van der Waals surface area contributed by atoms with Gasteiger partial charge in [0.1, 0.15) is 6.61 Å². The number of carbonyl (C=O) groups is 2. The van der Waals surface area contributed by atoms with Crippen molar-refractivity contribution in [1.29, 1.82) is 0 Å². The molecule has 8 nitrogen and oxygen atoms in total. The van der Waals surface area contributed by atoms with Gasteiger partial charge in [-0.3, -0.25) is 4.98 Å². The van der Waals surface area contributed by atoms with E-state index < -0.39 is 30.4 Å². The summed E-state index contributed by atoms with van der Waals surface area (Å²) in [7, 11) is 0. The second kappa shape index (κ2) is 15.2. The summed E-state index contributed by atoms with van der Waals surface area (Å²) in [5.74, 6) is -0.258. The largest absolute Gasteiger partial charge is 0.465 e. The number of carbonyl (C=O) groups excluding carboxylic acids is 1. The molecular weight excluding hydrogens is 554 g/mol. The molecule has 230 valence electrons. The van der Waals surface area contributed by atoms with E-state index in [0.717, 1.165) is 27.8 Å². The summed E-state index contributed by atoms with van der Waals surface area (Å²) in [6.07, 6.45) is 0.973. The minimum Gasteiger partial charge on any atom is -0.465 e. The van der Waals surface area contributed by atoms with Crippen LogP contribution < -0.4 is 10.6 Å². The fourth-order valence-electron chi connectivity index (χ4n) is 5.68. The number of hydrogen-bond donors (Lipinski definition) is 4. The zero-order valence-corrected chi connectivity index (χ0v) is 25.4. The summed E-state index contributed by atoms with van der Waals surface area (Å²) in [4.78, 5) is 29.2.